The first kappa shape index (κ1) is 23.5. The minimum absolute atomic E-state index is 0.124. The zero-order valence-corrected chi connectivity index (χ0v) is 22.0. The van der Waals surface area contributed by atoms with Gasteiger partial charge < -0.3 is 19.5 Å². The Labute approximate surface area is 213 Å². The van der Waals surface area contributed by atoms with Crippen LogP contribution in [0, 0.1) is 5.41 Å². The van der Waals surface area contributed by atoms with Crippen molar-refractivity contribution < 1.29 is 19.0 Å². The molecule has 0 bridgehead atoms. The number of hydrogen-bond acceptors (Lipinski definition) is 6. The van der Waals surface area contributed by atoms with Gasteiger partial charge in [-0.2, -0.15) is 5.10 Å². The lowest BCUT2D eigenvalue weighted by atomic mass is 9.68. The van der Waals surface area contributed by atoms with Crippen LogP contribution >= 0.6 is 15.9 Å². The van der Waals surface area contributed by atoms with E-state index in [1.807, 2.05) is 36.4 Å². The van der Waals surface area contributed by atoms with Crippen molar-refractivity contribution in [2.45, 2.75) is 32.6 Å². The molecule has 0 spiro atoms. The van der Waals surface area contributed by atoms with Crippen LogP contribution in [0.15, 0.2) is 52.1 Å². The summed E-state index contributed by atoms with van der Waals surface area (Å²) in [6, 6.07) is 11.8. The maximum absolute atomic E-state index is 13.7. The molecule has 0 radical (unpaired) electrons. The van der Waals surface area contributed by atoms with Crippen molar-refractivity contribution in [3.8, 4) is 28.5 Å². The molecule has 1 aliphatic heterocycles. The quantitative estimate of drug-likeness (QED) is 0.411. The van der Waals surface area contributed by atoms with E-state index in [4.69, 9.17) is 14.2 Å². The van der Waals surface area contributed by atoms with Crippen molar-refractivity contribution in [1.82, 2.24) is 10.2 Å². The Morgan fingerprint density at radius 3 is 2.29 bits per heavy atom. The van der Waals surface area contributed by atoms with Gasteiger partial charge >= 0.3 is 0 Å². The maximum atomic E-state index is 13.7. The molecule has 2 aromatic carbocycles. The van der Waals surface area contributed by atoms with Crippen LogP contribution in [0.5, 0.6) is 17.2 Å². The number of carbonyl (C=O) groups is 1. The fraction of sp³-hybridized carbons (Fsp3) is 0.333. The van der Waals surface area contributed by atoms with Crippen LogP contribution in [0.2, 0.25) is 0 Å². The van der Waals surface area contributed by atoms with Crippen molar-refractivity contribution in [3.05, 3.63) is 63.3 Å². The molecule has 0 saturated heterocycles. The predicted octanol–water partition coefficient (Wildman–Crippen LogP) is 6.07. The Morgan fingerprint density at radius 2 is 1.63 bits per heavy atom. The van der Waals surface area contributed by atoms with Crippen molar-refractivity contribution in [1.29, 1.82) is 0 Å². The average molecular weight is 538 g/mol. The highest BCUT2D eigenvalue weighted by Gasteiger charge is 2.44. The first-order valence-electron chi connectivity index (χ1n) is 11.4. The summed E-state index contributed by atoms with van der Waals surface area (Å²) in [5, 5.41) is 11.3. The Hall–Kier alpha value is -3.26. The molecule has 8 heteroatoms. The summed E-state index contributed by atoms with van der Waals surface area (Å²) in [5.41, 5.74) is 5.08. The number of rotatable bonds is 5. The standard InChI is InChI=1S/C27H28BrN3O4/c1-27(2)12-17-23(18(32)13-27)22(16-10-20(34-4)21(35-5)11-19(16)33-3)24-25(30-31-26(24)29-17)14-6-8-15(28)9-7-14/h6-11,22H,12-13H2,1-5H3,(H2,29,30,31)/t22-/m1/s1. The summed E-state index contributed by atoms with van der Waals surface area (Å²) in [5.74, 6) is 2.20. The number of allylic oxidation sites excluding steroid dienone is 2. The second-order valence-electron chi connectivity index (χ2n) is 9.71. The second kappa shape index (κ2) is 8.75. The van der Waals surface area contributed by atoms with E-state index >= 15 is 0 Å². The van der Waals surface area contributed by atoms with Gasteiger partial charge in [-0.05, 0) is 35.6 Å². The van der Waals surface area contributed by atoms with Gasteiger partial charge in [-0.15, -0.1) is 0 Å². The normalized spacial score (nSPS) is 18.5. The minimum atomic E-state index is -0.392. The van der Waals surface area contributed by atoms with E-state index in [0.29, 0.717) is 29.5 Å². The number of hydrogen-bond donors (Lipinski definition) is 2. The van der Waals surface area contributed by atoms with Gasteiger partial charge in [0.25, 0.3) is 0 Å². The fourth-order valence-electron chi connectivity index (χ4n) is 5.22. The number of aromatic nitrogens is 2. The number of fused-ring (bicyclic) bond motifs is 1. The van der Waals surface area contributed by atoms with Gasteiger partial charge in [0.15, 0.2) is 23.1 Å². The van der Waals surface area contributed by atoms with E-state index in [1.165, 1.54) is 0 Å². The molecule has 2 N–H and O–H groups in total. The molecule has 182 valence electrons. The Balaban J connectivity index is 1.79. The van der Waals surface area contributed by atoms with Crippen molar-refractivity contribution in [2.75, 3.05) is 26.6 Å². The number of ether oxygens (including phenoxy) is 3. The Morgan fingerprint density at radius 1 is 0.971 bits per heavy atom. The van der Waals surface area contributed by atoms with Crippen LogP contribution < -0.4 is 19.5 Å². The average Bonchev–Trinajstić information content (AvgIpc) is 3.25. The number of carbonyl (C=O) groups excluding carboxylic acids is 1. The number of nitrogens with zero attached hydrogens (tertiary/aromatic N) is 1. The van der Waals surface area contributed by atoms with Crippen LogP contribution in [0.1, 0.15) is 43.7 Å². The van der Waals surface area contributed by atoms with E-state index in [0.717, 1.165) is 44.5 Å². The van der Waals surface area contributed by atoms with Gasteiger partial charge in [0, 0.05) is 45.3 Å². The predicted molar refractivity (Wildman–Crippen MR) is 138 cm³/mol. The molecule has 1 atom stereocenters. The van der Waals surface area contributed by atoms with Crippen molar-refractivity contribution in [3.63, 3.8) is 0 Å². The van der Waals surface area contributed by atoms with Gasteiger partial charge in [0.2, 0.25) is 0 Å². The van der Waals surface area contributed by atoms with Crippen LogP contribution in [-0.2, 0) is 4.79 Å². The molecule has 7 nitrogen and oxygen atoms in total. The molecule has 0 saturated carbocycles. The van der Waals surface area contributed by atoms with Crippen molar-refractivity contribution >= 4 is 27.5 Å². The van der Waals surface area contributed by atoms with E-state index in [1.54, 1.807) is 21.3 Å². The first-order chi connectivity index (χ1) is 16.8. The minimum Gasteiger partial charge on any atom is -0.496 e. The van der Waals surface area contributed by atoms with Crippen LogP contribution in [0.4, 0.5) is 5.82 Å². The lowest BCUT2D eigenvalue weighted by Crippen LogP contribution is -2.33. The lowest BCUT2D eigenvalue weighted by molar-refractivity contribution is -0.118. The molecular weight excluding hydrogens is 510 g/mol. The third-order valence-corrected chi connectivity index (χ3v) is 7.28. The number of nitrogens with one attached hydrogen (secondary N) is 2. The topological polar surface area (TPSA) is 85.5 Å². The zero-order valence-electron chi connectivity index (χ0n) is 20.4. The number of benzene rings is 2. The monoisotopic (exact) mass is 537 g/mol. The summed E-state index contributed by atoms with van der Waals surface area (Å²) in [7, 11) is 4.82. The van der Waals surface area contributed by atoms with Gasteiger partial charge in [-0.1, -0.05) is 41.9 Å². The number of ketones is 1. The number of aromatic amines is 1. The molecule has 0 fully saturated rings. The summed E-state index contributed by atoms with van der Waals surface area (Å²) in [6.45, 7) is 4.24. The van der Waals surface area contributed by atoms with E-state index < -0.39 is 5.92 Å². The van der Waals surface area contributed by atoms with Gasteiger partial charge in [-0.25, -0.2) is 0 Å². The molecule has 1 aliphatic carbocycles. The third kappa shape index (κ3) is 3.99. The summed E-state index contributed by atoms with van der Waals surface area (Å²) in [4.78, 5) is 13.7. The summed E-state index contributed by atoms with van der Waals surface area (Å²) >= 11 is 3.51. The lowest BCUT2D eigenvalue weighted by Gasteiger charge is -2.38. The highest BCUT2D eigenvalue weighted by molar-refractivity contribution is 9.10. The van der Waals surface area contributed by atoms with Crippen molar-refractivity contribution in [2.24, 2.45) is 5.41 Å². The van der Waals surface area contributed by atoms with E-state index in [9.17, 15) is 4.79 Å². The van der Waals surface area contributed by atoms with Gasteiger partial charge in [-0.3, -0.25) is 9.89 Å². The van der Waals surface area contributed by atoms with Crippen LogP contribution in [0.3, 0.4) is 0 Å². The third-order valence-electron chi connectivity index (χ3n) is 6.75. The maximum Gasteiger partial charge on any atom is 0.164 e. The number of H-pyrrole nitrogens is 1. The highest BCUT2D eigenvalue weighted by Crippen LogP contribution is 2.53. The smallest absolute Gasteiger partial charge is 0.164 e. The summed E-state index contributed by atoms with van der Waals surface area (Å²) in [6.07, 6.45) is 1.22. The Bertz CT molecular complexity index is 1340. The molecule has 2 heterocycles. The largest absolute Gasteiger partial charge is 0.496 e. The van der Waals surface area contributed by atoms with Crippen LogP contribution in [0.25, 0.3) is 11.3 Å². The van der Waals surface area contributed by atoms with Gasteiger partial charge in [0.05, 0.1) is 27.0 Å². The fourth-order valence-corrected chi connectivity index (χ4v) is 5.49. The molecule has 2 aliphatic rings. The number of Topliss-reactive ketones (excluding diaryl/α,β-unsaturated/α-hetero) is 1. The Kier molecular flexibility index (Phi) is 5.87. The molecule has 5 rings (SSSR count). The first-order valence-corrected chi connectivity index (χ1v) is 12.2. The zero-order chi connectivity index (χ0) is 24.9. The molecule has 35 heavy (non-hydrogen) atoms. The molecule has 0 unspecified atom stereocenters. The number of halogens is 1. The van der Waals surface area contributed by atoms with E-state index in [2.05, 4.69) is 45.3 Å². The molecule has 3 aromatic rings. The second-order valence-corrected chi connectivity index (χ2v) is 10.6. The molecule has 0 amide bonds. The highest BCUT2D eigenvalue weighted by atomic mass is 79.9. The van der Waals surface area contributed by atoms with Gasteiger partial charge in [0.1, 0.15) is 5.75 Å². The SMILES string of the molecule is COc1cc(OC)c([C@@H]2C3=C(CC(C)(C)CC3=O)Nc3n[nH]c(-c4ccc(Br)cc4)c32)cc1OC. The summed E-state index contributed by atoms with van der Waals surface area (Å²) < 4.78 is 18.0. The number of methoxy groups -OCH3 is 3. The van der Waals surface area contributed by atoms with E-state index in [-0.39, 0.29) is 11.2 Å². The number of anilines is 1. The molecular formula is C27H28BrN3O4. The van der Waals surface area contributed by atoms with Crippen LogP contribution in [-0.4, -0.2) is 37.3 Å². The molecule has 1 aromatic heterocycles.